The fraction of sp³-hybridized carbons (Fsp3) is 0.364. The number of morpholine rings is 1. The molecule has 1 aliphatic rings. The second-order valence-electron chi connectivity index (χ2n) is 3.92. The molecule has 7 heteroatoms. The van der Waals surface area contributed by atoms with E-state index < -0.39 is 10.8 Å². The predicted molar refractivity (Wildman–Crippen MR) is 64.6 cm³/mol. The lowest BCUT2D eigenvalue weighted by Crippen LogP contribution is -2.37. The first-order valence-corrected chi connectivity index (χ1v) is 5.50. The number of anilines is 1. The Morgan fingerprint density at radius 3 is 2.61 bits per heavy atom. The number of nitrogens with two attached hydrogens (primary N) is 1. The second kappa shape index (κ2) is 5.01. The quantitative estimate of drug-likeness (QED) is 0.624. The Morgan fingerprint density at radius 1 is 1.39 bits per heavy atom. The average molecular weight is 251 g/mol. The third-order valence-corrected chi connectivity index (χ3v) is 2.81. The predicted octanol–water partition coefficient (Wildman–Crippen LogP) is 0.530. The number of nitro benzene ring substituents is 1. The summed E-state index contributed by atoms with van der Waals surface area (Å²) >= 11 is 0. The van der Waals surface area contributed by atoms with Crippen LogP contribution >= 0.6 is 0 Å². The minimum Gasteiger partial charge on any atom is -0.378 e. The molecule has 0 radical (unpaired) electrons. The first-order valence-electron chi connectivity index (χ1n) is 5.50. The van der Waals surface area contributed by atoms with Crippen molar-refractivity contribution >= 4 is 17.3 Å². The van der Waals surface area contributed by atoms with E-state index in [2.05, 4.69) is 0 Å². The van der Waals surface area contributed by atoms with E-state index in [1.54, 1.807) is 6.07 Å². The summed E-state index contributed by atoms with van der Waals surface area (Å²) in [7, 11) is 0. The summed E-state index contributed by atoms with van der Waals surface area (Å²) in [5, 5.41) is 10.7. The van der Waals surface area contributed by atoms with E-state index in [9.17, 15) is 14.9 Å². The summed E-state index contributed by atoms with van der Waals surface area (Å²) < 4.78 is 5.22. The number of amides is 1. The zero-order chi connectivity index (χ0) is 13.1. The highest BCUT2D eigenvalue weighted by Gasteiger charge is 2.20. The SMILES string of the molecule is NC(=O)c1cc([N+](=O)[O-])ccc1N1CCOCC1. The molecule has 0 aliphatic carbocycles. The third kappa shape index (κ3) is 2.40. The molecule has 1 amide bonds. The number of hydrogen-bond acceptors (Lipinski definition) is 5. The van der Waals surface area contributed by atoms with Gasteiger partial charge in [0.25, 0.3) is 11.6 Å². The van der Waals surface area contributed by atoms with Crippen molar-refractivity contribution in [2.45, 2.75) is 0 Å². The topological polar surface area (TPSA) is 98.7 Å². The molecule has 18 heavy (non-hydrogen) atoms. The molecule has 96 valence electrons. The first kappa shape index (κ1) is 12.3. The van der Waals surface area contributed by atoms with Gasteiger partial charge in [-0.3, -0.25) is 14.9 Å². The van der Waals surface area contributed by atoms with Crippen molar-refractivity contribution < 1.29 is 14.5 Å². The summed E-state index contributed by atoms with van der Waals surface area (Å²) in [4.78, 5) is 23.5. The molecule has 2 N–H and O–H groups in total. The molecule has 1 fully saturated rings. The van der Waals surface area contributed by atoms with E-state index in [0.29, 0.717) is 32.0 Å². The summed E-state index contributed by atoms with van der Waals surface area (Å²) in [5.74, 6) is -0.666. The number of primary amides is 1. The van der Waals surface area contributed by atoms with Gasteiger partial charge in [0.2, 0.25) is 0 Å². The van der Waals surface area contributed by atoms with Crippen molar-refractivity contribution in [3.05, 3.63) is 33.9 Å². The average Bonchev–Trinajstić information content (AvgIpc) is 2.39. The Morgan fingerprint density at radius 2 is 2.06 bits per heavy atom. The molecule has 0 spiro atoms. The lowest BCUT2D eigenvalue weighted by Gasteiger charge is -2.29. The molecule has 1 aromatic carbocycles. The third-order valence-electron chi connectivity index (χ3n) is 2.81. The molecule has 7 nitrogen and oxygen atoms in total. The van der Waals surface area contributed by atoms with Crippen molar-refractivity contribution in [2.24, 2.45) is 5.73 Å². The zero-order valence-electron chi connectivity index (χ0n) is 9.67. The van der Waals surface area contributed by atoms with Gasteiger partial charge in [-0.05, 0) is 6.07 Å². The largest absolute Gasteiger partial charge is 0.378 e. The van der Waals surface area contributed by atoms with Gasteiger partial charge in [-0.15, -0.1) is 0 Å². The molecule has 0 bridgehead atoms. The standard InChI is InChI=1S/C11H13N3O4/c12-11(15)9-7-8(14(16)17)1-2-10(9)13-3-5-18-6-4-13/h1-2,7H,3-6H2,(H2,12,15). The molecule has 1 saturated heterocycles. The van der Waals surface area contributed by atoms with Crippen molar-refractivity contribution in [3.63, 3.8) is 0 Å². The van der Waals surface area contributed by atoms with E-state index >= 15 is 0 Å². The summed E-state index contributed by atoms with van der Waals surface area (Å²) in [5.41, 5.74) is 5.93. The number of non-ortho nitro benzene ring substituents is 1. The molecule has 1 aromatic rings. The molecular weight excluding hydrogens is 238 g/mol. The van der Waals surface area contributed by atoms with Gasteiger partial charge < -0.3 is 15.4 Å². The maximum absolute atomic E-state index is 11.4. The van der Waals surface area contributed by atoms with E-state index in [1.165, 1.54) is 12.1 Å². The highest BCUT2D eigenvalue weighted by atomic mass is 16.6. The number of ether oxygens (including phenoxy) is 1. The second-order valence-corrected chi connectivity index (χ2v) is 3.92. The number of carbonyl (C=O) groups is 1. The summed E-state index contributed by atoms with van der Waals surface area (Å²) in [6.45, 7) is 2.40. The first-order chi connectivity index (χ1) is 8.59. The van der Waals surface area contributed by atoms with E-state index in [-0.39, 0.29) is 11.3 Å². The van der Waals surface area contributed by atoms with E-state index in [4.69, 9.17) is 10.5 Å². The van der Waals surface area contributed by atoms with Crippen LogP contribution in [0.4, 0.5) is 11.4 Å². The fourth-order valence-electron chi connectivity index (χ4n) is 1.91. The number of hydrogen-bond donors (Lipinski definition) is 1. The Bertz CT molecular complexity index is 483. The molecule has 0 saturated carbocycles. The van der Waals surface area contributed by atoms with Crippen LogP contribution < -0.4 is 10.6 Å². The fourth-order valence-corrected chi connectivity index (χ4v) is 1.91. The maximum Gasteiger partial charge on any atom is 0.270 e. The number of benzene rings is 1. The smallest absolute Gasteiger partial charge is 0.270 e. The lowest BCUT2D eigenvalue weighted by molar-refractivity contribution is -0.384. The van der Waals surface area contributed by atoms with Crippen molar-refractivity contribution in [1.82, 2.24) is 0 Å². The van der Waals surface area contributed by atoms with Gasteiger partial charge in [-0.25, -0.2) is 0 Å². The van der Waals surface area contributed by atoms with Crippen LogP contribution in [0.5, 0.6) is 0 Å². The number of carbonyl (C=O) groups excluding carboxylic acids is 1. The molecule has 1 aliphatic heterocycles. The zero-order valence-corrected chi connectivity index (χ0v) is 9.67. The minimum atomic E-state index is -0.666. The maximum atomic E-state index is 11.4. The number of rotatable bonds is 3. The van der Waals surface area contributed by atoms with Crippen LogP contribution in [0.3, 0.4) is 0 Å². The van der Waals surface area contributed by atoms with Gasteiger partial charge in [0.15, 0.2) is 0 Å². The van der Waals surface area contributed by atoms with Crippen LogP contribution in [-0.4, -0.2) is 37.1 Å². The summed E-state index contributed by atoms with van der Waals surface area (Å²) in [6.07, 6.45) is 0. The van der Waals surface area contributed by atoms with E-state index in [1.807, 2.05) is 4.90 Å². The monoisotopic (exact) mass is 251 g/mol. The van der Waals surface area contributed by atoms with Gasteiger partial charge in [-0.2, -0.15) is 0 Å². The summed E-state index contributed by atoms with van der Waals surface area (Å²) in [6, 6.07) is 4.15. The molecule has 2 rings (SSSR count). The highest BCUT2D eigenvalue weighted by molar-refractivity contribution is 5.99. The van der Waals surface area contributed by atoms with Crippen LogP contribution in [-0.2, 0) is 4.74 Å². The van der Waals surface area contributed by atoms with Crippen LogP contribution in [0.1, 0.15) is 10.4 Å². The Labute approximate surface area is 103 Å². The van der Waals surface area contributed by atoms with Gasteiger partial charge in [-0.1, -0.05) is 0 Å². The number of nitro groups is 1. The van der Waals surface area contributed by atoms with Crippen molar-refractivity contribution in [1.29, 1.82) is 0 Å². The van der Waals surface area contributed by atoms with Gasteiger partial charge >= 0.3 is 0 Å². The van der Waals surface area contributed by atoms with Crippen LogP contribution in [0.2, 0.25) is 0 Å². The molecule has 1 heterocycles. The molecule has 0 atom stereocenters. The lowest BCUT2D eigenvalue weighted by atomic mass is 10.1. The van der Waals surface area contributed by atoms with Crippen LogP contribution in [0.25, 0.3) is 0 Å². The van der Waals surface area contributed by atoms with Crippen molar-refractivity contribution in [2.75, 3.05) is 31.2 Å². The van der Waals surface area contributed by atoms with Crippen molar-refractivity contribution in [3.8, 4) is 0 Å². The molecular formula is C11H13N3O4. The van der Waals surface area contributed by atoms with Gasteiger partial charge in [0.05, 0.1) is 29.4 Å². The van der Waals surface area contributed by atoms with Crippen LogP contribution in [0.15, 0.2) is 18.2 Å². The Hall–Kier alpha value is -2.15. The van der Waals surface area contributed by atoms with E-state index in [0.717, 1.165) is 0 Å². The highest BCUT2D eigenvalue weighted by Crippen LogP contribution is 2.25. The minimum absolute atomic E-state index is 0.138. The molecule has 0 unspecified atom stereocenters. The van der Waals surface area contributed by atoms with Crippen LogP contribution in [0, 0.1) is 10.1 Å². The Kier molecular flexibility index (Phi) is 3.42. The molecule has 0 aromatic heterocycles. The normalized spacial score (nSPS) is 15.4. The number of nitrogens with zero attached hydrogens (tertiary/aromatic N) is 2. The van der Waals surface area contributed by atoms with Gasteiger partial charge in [0, 0.05) is 25.2 Å². The Balaban J connectivity index is 2.39. The van der Waals surface area contributed by atoms with Gasteiger partial charge in [0.1, 0.15) is 0 Å².